The van der Waals surface area contributed by atoms with Gasteiger partial charge in [0.25, 0.3) is 0 Å². The summed E-state index contributed by atoms with van der Waals surface area (Å²) in [5, 5.41) is 0. The van der Waals surface area contributed by atoms with Crippen LogP contribution >= 0.6 is 0 Å². The lowest BCUT2D eigenvalue weighted by molar-refractivity contribution is 0.00798. The average Bonchev–Trinajstić information content (AvgIpc) is 2.50. The Morgan fingerprint density at radius 1 is 1.40 bits per heavy atom. The summed E-state index contributed by atoms with van der Waals surface area (Å²) in [7, 11) is 1.35. The first kappa shape index (κ1) is 14.7. The van der Waals surface area contributed by atoms with Gasteiger partial charge in [0.1, 0.15) is 6.61 Å². The van der Waals surface area contributed by atoms with E-state index in [0.29, 0.717) is 30.3 Å². The van der Waals surface area contributed by atoms with Crippen molar-refractivity contribution < 1.29 is 23.7 Å². The molecule has 0 radical (unpaired) electrons. The summed E-state index contributed by atoms with van der Waals surface area (Å²) in [6, 6.07) is 5.02. The van der Waals surface area contributed by atoms with Gasteiger partial charge in [-0.25, -0.2) is 4.79 Å². The van der Waals surface area contributed by atoms with E-state index in [0.717, 1.165) is 19.4 Å². The highest BCUT2D eigenvalue weighted by atomic mass is 16.6. The Balaban J connectivity index is 1.95. The first-order valence-corrected chi connectivity index (χ1v) is 6.84. The van der Waals surface area contributed by atoms with Crippen molar-refractivity contribution in [1.82, 2.24) is 0 Å². The van der Waals surface area contributed by atoms with Gasteiger partial charge >= 0.3 is 5.97 Å². The predicted molar refractivity (Wildman–Crippen MR) is 73.4 cm³/mol. The fraction of sp³-hybridized carbons (Fsp3) is 0.533. The summed E-state index contributed by atoms with van der Waals surface area (Å²) in [6.07, 6.45) is 2.00. The molecule has 110 valence electrons. The third-order valence-electron chi connectivity index (χ3n) is 3.03. The van der Waals surface area contributed by atoms with E-state index in [1.807, 2.05) is 0 Å². The third kappa shape index (κ3) is 3.63. The highest BCUT2D eigenvalue weighted by Crippen LogP contribution is 2.32. The lowest BCUT2D eigenvalue weighted by atomic mass is 10.2. The maximum absolute atomic E-state index is 11.5. The molecule has 5 heteroatoms. The highest BCUT2D eigenvalue weighted by molar-refractivity contribution is 5.90. The van der Waals surface area contributed by atoms with Gasteiger partial charge in [-0.05, 0) is 24.6 Å². The molecule has 0 fully saturated rings. The van der Waals surface area contributed by atoms with Gasteiger partial charge in [-0.2, -0.15) is 0 Å². The molecule has 2 rings (SSSR count). The number of carbonyl (C=O) groups excluding carboxylic acids is 1. The molecule has 1 atom stereocenters. The zero-order valence-corrected chi connectivity index (χ0v) is 11.9. The lowest BCUT2D eigenvalue weighted by Crippen LogP contribution is -2.33. The Kier molecular flexibility index (Phi) is 5.24. The largest absolute Gasteiger partial charge is 0.486 e. The molecule has 1 aromatic rings. The third-order valence-corrected chi connectivity index (χ3v) is 3.03. The number of benzene rings is 1. The number of carbonyl (C=O) groups is 1. The van der Waals surface area contributed by atoms with Gasteiger partial charge in [-0.1, -0.05) is 13.3 Å². The second-order valence-corrected chi connectivity index (χ2v) is 4.63. The molecule has 0 N–H and O–H groups in total. The van der Waals surface area contributed by atoms with Crippen LogP contribution in [-0.4, -0.2) is 39.0 Å². The van der Waals surface area contributed by atoms with Crippen LogP contribution in [0.15, 0.2) is 18.2 Å². The van der Waals surface area contributed by atoms with Gasteiger partial charge in [-0.15, -0.1) is 0 Å². The van der Waals surface area contributed by atoms with Gasteiger partial charge in [0.15, 0.2) is 17.6 Å². The Labute approximate surface area is 118 Å². The van der Waals surface area contributed by atoms with Crippen molar-refractivity contribution in [3.8, 4) is 11.5 Å². The maximum Gasteiger partial charge on any atom is 0.337 e. The van der Waals surface area contributed by atoms with Gasteiger partial charge in [0.2, 0.25) is 0 Å². The molecule has 1 heterocycles. The van der Waals surface area contributed by atoms with E-state index in [1.54, 1.807) is 18.2 Å². The predicted octanol–water partition coefficient (Wildman–Crippen LogP) is 2.43. The Hall–Kier alpha value is -1.75. The zero-order chi connectivity index (χ0) is 14.4. The van der Waals surface area contributed by atoms with Crippen LogP contribution < -0.4 is 9.47 Å². The van der Waals surface area contributed by atoms with Crippen molar-refractivity contribution in [2.75, 3.05) is 26.9 Å². The standard InChI is InChI=1S/C15H20O5/c1-3-4-7-18-9-12-10-19-13-6-5-11(15(16)17-2)8-14(13)20-12/h5-6,8,12H,3-4,7,9-10H2,1-2H3. The fourth-order valence-corrected chi connectivity index (χ4v) is 1.90. The minimum Gasteiger partial charge on any atom is -0.486 e. The summed E-state index contributed by atoms with van der Waals surface area (Å²) in [6.45, 7) is 3.79. The maximum atomic E-state index is 11.5. The summed E-state index contributed by atoms with van der Waals surface area (Å²) in [5.74, 6) is 0.809. The molecule has 1 aromatic carbocycles. The SMILES string of the molecule is CCCCOCC1COc2ccc(C(=O)OC)cc2O1. The smallest absolute Gasteiger partial charge is 0.337 e. The number of methoxy groups -OCH3 is 1. The van der Waals surface area contributed by atoms with E-state index in [-0.39, 0.29) is 6.10 Å². The van der Waals surface area contributed by atoms with Crippen LogP contribution in [0, 0.1) is 0 Å². The molecule has 1 aliphatic rings. The molecule has 1 aliphatic heterocycles. The average molecular weight is 280 g/mol. The van der Waals surface area contributed by atoms with Crippen LogP contribution in [0.2, 0.25) is 0 Å². The van der Waals surface area contributed by atoms with Crippen molar-refractivity contribution >= 4 is 5.97 Å². The summed E-state index contributed by atoms with van der Waals surface area (Å²) in [5.41, 5.74) is 0.447. The van der Waals surface area contributed by atoms with Gasteiger partial charge in [0.05, 0.1) is 19.3 Å². The molecule has 0 saturated carbocycles. The molecule has 0 bridgehead atoms. The molecular formula is C15H20O5. The molecule has 1 unspecified atom stereocenters. The molecule has 20 heavy (non-hydrogen) atoms. The summed E-state index contributed by atoms with van der Waals surface area (Å²) < 4.78 is 21.6. The van der Waals surface area contributed by atoms with E-state index >= 15 is 0 Å². The van der Waals surface area contributed by atoms with E-state index in [9.17, 15) is 4.79 Å². The van der Waals surface area contributed by atoms with Crippen LogP contribution in [0.1, 0.15) is 30.1 Å². The molecule has 0 aromatic heterocycles. The number of rotatable bonds is 6. The second kappa shape index (κ2) is 7.14. The molecule has 0 saturated heterocycles. The van der Waals surface area contributed by atoms with Crippen LogP contribution in [-0.2, 0) is 9.47 Å². The van der Waals surface area contributed by atoms with E-state index in [1.165, 1.54) is 7.11 Å². The number of ether oxygens (including phenoxy) is 4. The normalized spacial score (nSPS) is 16.8. The number of unbranched alkanes of at least 4 members (excludes halogenated alkanes) is 1. The first-order chi connectivity index (χ1) is 9.74. The minimum atomic E-state index is -0.391. The Bertz CT molecular complexity index is 458. The number of esters is 1. The highest BCUT2D eigenvalue weighted by Gasteiger charge is 2.22. The molecular weight excluding hydrogens is 260 g/mol. The molecule has 0 spiro atoms. The first-order valence-electron chi connectivity index (χ1n) is 6.84. The fourth-order valence-electron chi connectivity index (χ4n) is 1.90. The van der Waals surface area contributed by atoms with Crippen LogP contribution in [0.4, 0.5) is 0 Å². The second-order valence-electron chi connectivity index (χ2n) is 4.63. The van der Waals surface area contributed by atoms with Gasteiger partial charge < -0.3 is 18.9 Å². The number of fused-ring (bicyclic) bond motifs is 1. The van der Waals surface area contributed by atoms with E-state index in [2.05, 4.69) is 11.7 Å². The van der Waals surface area contributed by atoms with Gasteiger partial charge in [-0.3, -0.25) is 0 Å². The molecule has 0 amide bonds. The summed E-state index contributed by atoms with van der Waals surface area (Å²) >= 11 is 0. The topological polar surface area (TPSA) is 54.0 Å². The zero-order valence-electron chi connectivity index (χ0n) is 11.9. The van der Waals surface area contributed by atoms with Crippen LogP contribution in [0.5, 0.6) is 11.5 Å². The minimum absolute atomic E-state index is 0.146. The quantitative estimate of drug-likeness (QED) is 0.591. The van der Waals surface area contributed by atoms with Crippen molar-refractivity contribution in [2.45, 2.75) is 25.9 Å². The number of hydrogen-bond acceptors (Lipinski definition) is 5. The van der Waals surface area contributed by atoms with Crippen molar-refractivity contribution in [3.05, 3.63) is 23.8 Å². The van der Waals surface area contributed by atoms with E-state index in [4.69, 9.17) is 14.2 Å². The van der Waals surface area contributed by atoms with Crippen molar-refractivity contribution in [1.29, 1.82) is 0 Å². The Morgan fingerprint density at radius 3 is 3.00 bits per heavy atom. The monoisotopic (exact) mass is 280 g/mol. The lowest BCUT2D eigenvalue weighted by Gasteiger charge is -2.26. The molecule has 5 nitrogen and oxygen atoms in total. The van der Waals surface area contributed by atoms with Crippen LogP contribution in [0.3, 0.4) is 0 Å². The summed E-state index contributed by atoms with van der Waals surface area (Å²) in [4.78, 5) is 11.5. The molecule has 0 aliphatic carbocycles. The Morgan fingerprint density at radius 2 is 2.25 bits per heavy atom. The number of hydrogen-bond donors (Lipinski definition) is 0. The van der Waals surface area contributed by atoms with Gasteiger partial charge in [0, 0.05) is 6.61 Å². The van der Waals surface area contributed by atoms with Crippen LogP contribution in [0.25, 0.3) is 0 Å². The van der Waals surface area contributed by atoms with Crippen molar-refractivity contribution in [2.24, 2.45) is 0 Å². The van der Waals surface area contributed by atoms with Crippen molar-refractivity contribution in [3.63, 3.8) is 0 Å². The van der Waals surface area contributed by atoms with E-state index < -0.39 is 5.97 Å².